The molecule has 0 saturated heterocycles. The van der Waals surface area contributed by atoms with Crippen molar-refractivity contribution in [2.24, 2.45) is 0 Å². The Morgan fingerprint density at radius 1 is 1.13 bits per heavy atom. The Labute approximate surface area is 135 Å². The lowest BCUT2D eigenvalue weighted by molar-refractivity contribution is -0.112. The third-order valence-electron chi connectivity index (χ3n) is 3.24. The molecule has 0 fully saturated rings. The number of aryl methyl sites for hydroxylation is 1. The van der Waals surface area contributed by atoms with Crippen LogP contribution in [0.15, 0.2) is 48.2 Å². The minimum atomic E-state index is -0.467. The summed E-state index contributed by atoms with van der Waals surface area (Å²) in [7, 11) is 1.30. The average Bonchev–Trinajstić information content (AvgIpc) is 2.56. The molecule has 1 heterocycles. The van der Waals surface area contributed by atoms with Crippen molar-refractivity contribution in [3.8, 4) is 0 Å². The van der Waals surface area contributed by atoms with E-state index in [4.69, 9.17) is 0 Å². The van der Waals surface area contributed by atoms with Crippen LogP contribution in [-0.2, 0) is 9.53 Å². The Balaban J connectivity index is 2.06. The topological polar surface area (TPSA) is 68.3 Å². The third kappa shape index (κ3) is 4.51. The number of nitrogens with zero attached hydrogens (tertiary/aromatic N) is 1. The van der Waals surface area contributed by atoms with Crippen LogP contribution < -0.4 is 5.32 Å². The van der Waals surface area contributed by atoms with Crippen LogP contribution >= 0.6 is 0 Å². The van der Waals surface area contributed by atoms with Gasteiger partial charge in [-0.15, -0.1) is 0 Å². The number of ether oxygens (including phenoxy) is 1. The molecule has 0 bridgehead atoms. The van der Waals surface area contributed by atoms with E-state index < -0.39 is 5.97 Å². The molecule has 0 aliphatic heterocycles. The maximum absolute atomic E-state index is 12.1. The van der Waals surface area contributed by atoms with Crippen LogP contribution in [0.5, 0.6) is 0 Å². The lowest BCUT2D eigenvalue weighted by atomic mass is 10.1. The van der Waals surface area contributed by atoms with Crippen molar-refractivity contribution in [3.05, 3.63) is 64.9 Å². The number of hydrogen-bond acceptors (Lipinski definition) is 4. The summed E-state index contributed by atoms with van der Waals surface area (Å²) < 4.78 is 4.59. The monoisotopic (exact) mass is 310 g/mol. The van der Waals surface area contributed by atoms with Gasteiger partial charge in [-0.25, -0.2) is 9.78 Å². The van der Waals surface area contributed by atoms with Crippen LogP contribution in [0.4, 0.5) is 5.82 Å². The van der Waals surface area contributed by atoms with E-state index in [1.807, 2.05) is 31.2 Å². The molecule has 1 aromatic heterocycles. The number of benzene rings is 1. The fourth-order valence-corrected chi connectivity index (χ4v) is 1.90. The summed E-state index contributed by atoms with van der Waals surface area (Å²) in [5.74, 6) is -0.339. The third-order valence-corrected chi connectivity index (χ3v) is 3.24. The molecular formula is C18H18N2O3. The molecule has 0 atom stereocenters. The maximum atomic E-state index is 12.1. The second-order valence-electron chi connectivity index (χ2n) is 5.12. The zero-order valence-corrected chi connectivity index (χ0v) is 13.3. The Hall–Kier alpha value is -2.95. The fourth-order valence-electron chi connectivity index (χ4n) is 1.90. The van der Waals surface area contributed by atoms with Crippen molar-refractivity contribution in [2.45, 2.75) is 13.8 Å². The van der Waals surface area contributed by atoms with Crippen molar-refractivity contribution < 1.29 is 14.3 Å². The van der Waals surface area contributed by atoms with E-state index in [9.17, 15) is 9.59 Å². The van der Waals surface area contributed by atoms with Gasteiger partial charge in [-0.1, -0.05) is 29.8 Å². The normalized spacial score (nSPS) is 11.0. The summed E-state index contributed by atoms with van der Waals surface area (Å²) in [6, 6.07) is 11.0. The smallest absolute Gasteiger partial charge is 0.339 e. The molecule has 0 saturated carbocycles. The number of amides is 1. The van der Waals surface area contributed by atoms with Gasteiger partial charge in [-0.2, -0.15) is 0 Å². The highest BCUT2D eigenvalue weighted by molar-refractivity contribution is 6.05. The lowest BCUT2D eigenvalue weighted by Gasteiger charge is -2.06. The highest BCUT2D eigenvalue weighted by Gasteiger charge is 2.08. The first kappa shape index (κ1) is 16.4. The fraction of sp³-hybridized carbons (Fsp3) is 0.167. The van der Waals surface area contributed by atoms with Gasteiger partial charge in [0.25, 0.3) is 5.91 Å². The molecule has 1 N–H and O–H groups in total. The van der Waals surface area contributed by atoms with Gasteiger partial charge in [0.15, 0.2) is 0 Å². The largest absolute Gasteiger partial charge is 0.465 e. The van der Waals surface area contributed by atoms with E-state index in [1.54, 1.807) is 25.1 Å². The zero-order chi connectivity index (χ0) is 16.8. The lowest BCUT2D eigenvalue weighted by Crippen LogP contribution is -2.14. The molecule has 1 aromatic carbocycles. The number of carbonyl (C=O) groups excluding carboxylic acids is 2. The van der Waals surface area contributed by atoms with E-state index in [1.165, 1.54) is 18.9 Å². The number of pyridine rings is 1. The second-order valence-corrected chi connectivity index (χ2v) is 5.12. The maximum Gasteiger partial charge on any atom is 0.339 e. The van der Waals surface area contributed by atoms with E-state index >= 15 is 0 Å². The van der Waals surface area contributed by atoms with E-state index in [0.29, 0.717) is 17.0 Å². The van der Waals surface area contributed by atoms with Crippen molar-refractivity contribution in [2.75, 3.05) is 12.4 Å². The minimum Gasteiger partial charge on any atom is -0.465 e. The van der Waals surface area contributed by atoms with Crippen LogP contribution in [0.3, 0.4) is 0 Å². The first-order valence-corrected chi connectivity index (χ1v) is 7.10. The summed E-state index contributed by atoms with van der Waals surface area (Å²) in [4.78, 5) is 27.5. The summed E-state index contributed by atoms with van der Waals surface area (Å²) in [5, 5.41) is 2.69. The number of hydrogen-bond donors (Lipinski definition) is 1. The first-order valence-electron chi connectivity index (χ1n) is 7.10. The van der Waals surface area contributed by atoms with Crippen molar-refractivity contribution in [1.29, 1.82) is 0 Å². The molecule has 5 nitrogen and oxygen atoms in total. The van der Waals surface area contributed by atoms with Crippen LogP contribution in [0, 0.1) is 6.92 Å². The number of anilines is 1. The van der Waals surface area contributed by atoms with Gasteiger partial charge in [0.2, 0.25) is 0 Å². The van der Waals surface area contributed by atoms with Crippen LogP contribution in [-0.4, -0.2) is 24.0 Å². The molecule has 0 aliphatic carbocycles. The number of methoxy groups -OCH3 is 1. The number of nitrogens with one attached hydrogen (secondary N) is 1. The van der Waals surface area contributed by atoms with Gasteiger partial charge in [0, 0.05) is 11.8 Å². The predicted octanol–water partition coefficient (Wildman–Crippen LogP) is 3.22. The molecule has 0 radical (unpaired) electrons. The van der Waals surface area contributed by atoms with E-state index in [0.717, 1.165) is 5.56 Å². The van der Waals surface area contributed by atoms with E-state index in [-0.39, 0.29) is 5.91 Å². The van der Waals surface area contributed by atoms with Gasteiger partial charge in [-0.3, -0.25) is 4.79 Å². The number of rotatable bonds is 4. The van der Waals surface area contributed by atoms with Crippen LogP contribution in [0.1, 0.15) is 28.4 Å². The second kappa shape index (κ2) is 7.35. The summed E-state index contributed by atoms with van der Waals surface area (Å²) in [6.07, 6.45) is 3.16. The standard InChI is InChI=1S/C18H18N2O3/c1-12-4-6-14(7-5-12)10-13(2)17(21)20-16-9-8-15(11-19-16)18(22)23-3/h4-11H,1-3H3,(H,19,20,21)/b13-10+. The van der Waals surface area contributed by atoms with Gasteiger partial charge in [0.1, 0.15) is 5.82 Å². The highest BCUT2D eigenvalue weighted by atomic mass is 16.5. The molecule has 0 unspecified atom stereocenters. The minimum absolute atomic E-state index is 0.246. The molecule has 118 valence electrons. The average molecular weight is 310 g/mol. The Morgan fingerprint density at radius 2 is 1.83 bits per heavy atom. The molecular weight excluding hydrogens is 292 g/mol. The Kier molecular flexibility index (Phi) is 5.25. The molecule has 0 aliphatic rings. The first-order chi connectivity index (χ1) is 11.0. The highest BCUT2D eigenvalue weighted by Crippen LogP contribution is 2.11. The van der Waals surface area contributed by atoms with Crippen molar-refractivity contribution in [3.63, 3.8) is 0 Å². The molecule has 2 rings (SSSR count). The van der Waals surface area contributed by atoms with Crippen LogP contribution in [0.2, 0.25) is 0 Å². The number of esters is 1. The van der Waals surface area contributed by atoms with Gasteiger partial charge in [-0.05, 0) is 37.6 Å². The van der Waals surface area contributed by atoms with Gasteiger partial charge in [0.05, 0.1) is 12.7 Å². The quantitative estimate of drug-likeness (QED) is 0.695. The Morgan fingerprint density at radius 3 is 2.39 bits per heavy atom. The van der Waals surface area contributed by atoms with E-state index in [2.05, 4.69) is 15.0 Å². The molecule has 2 aromatic rings. The number of carbonyl (C=O) groups is 2. The molecule has 1 amide bonds. The summed E-state index contributed by atoms with van der Waals surface area (Å²) >= 11 is 0. The summed E-state index contributed by atoms with van der Waals surface area (Å²) in [5.41, 5.74) is 3.02. The SMILES string of the molecule is COC(=O)c1ccc(NC(=O)/C(C)=C/c2ccc(C)cc2)nc1. The van der Waals surface area contributed by atoms with Crippen molar-refractivity contribution >= 4 is 23.8 Å². The summed E-state index contributed by atoms with van der Waals surface area (Å²) in [6.45, 7) is 3.74. The molecule has 5 heteroatoms. The predicted molar refractivity (Wildman–Crippen MR) is 89.0 cm³/mol. The Bertz CT molecular complexity index is 732. The van der Waals surface area contributed by atoms with Crippen LogP contribution in [0.25, 0.3) is 6.08 Å². The van der Waals surface area contributed by atoms with Gasteiger partial charge < -0.3 is 10.1 Å². The molecule has 23 heavy (non-hydrogen) atoms. The zero-order valence-electron chi connectivity index (χ0n) is 13.3. The molecule has 0 spiro atoms. The van der Waals surface area contributed by atoms with Gasteiger partial charge >= 0.3 is 5.97 Å². The number of aromatic nitrogens is 1. The van der Waals surface area contributed by atoms with Crippen molar-refractivity contribution in [1.82, 2.24) is 4.98 Å².